The Morgan fingerprint density at radius 3 is 2.82 bits per heavy atom. The van der Waals surface area contributed by atoms with E-state index < -0.39 is 36.6 Å². The zero-order valence-electron chi connectivity index (χ0n) is 15.3. The van der Waals surface area contributed by atoms with Crippen LogP contribution in [0, 0.1) is 0 Å². The lowest BCUT2D eigenvalue weighted by Gasteiger charge is -2.30. The summed E-state index contributed by atoms with van der Waals surface area (Å²) in [7, 11) is -1.38. The van der Waals surface area contributed by atoms with Gasteiger partial charge in [0.05, 0.1) is 18.5 Å². The molecule has 0 radical (unpaired) electrons. The Kier molecular flexibility index (Phi) is 7.10. The molecule has 1 aromatic rings. The molecule has 13 heteroatoms. The Balaban J connectivity index is 2.11. The third-order valence-corrected chi connectivity index (χ3v) is 4.50. The minimum Gasteiger partial charge on any atom is -0.481 e. The van der Waals surface area contributed by atoms with E-state index in [1.807, 2.05) is 0 Å². The number of hydrogen-bond donors (Lipinski definition) is 4. The second-order valence-electron chi connectivity index (χ2n) is 6.73. The normalized spacial score (nSPS) is 20.5. The van der Waals surface area contributed by atoms with Crippen molar-refractivity contribution in [1.29, 1.82) is 0 Å². The first-order chi connectivity index (χ1) is 13.1. The second kappa shape index (κ2) is 9.12. The number of carboxylic acid groups (broad SMARTS) is 1. The predicted octanol–water partition coefficient (Wildman–Crippen LogP) is -0.418. The first-order valence-corrected chi connectivity index (χ1v) is 9.29. The molecule has 2 heterocycles. The fourth-order valence-corrected chi connectivity index (χ4v) is 2.93. The molecule has 1 fully saturated rings. The summed E-state index contributed by atoms with van der Waals surface area (Å²) in [6.45, 7) is 2.94. The number of carbonyl (C=O) groups is 3. The smallest absolute Gasteiger partial charge is 0.478 e. The number of oxime groups is 1. The maximum Gasteiger partial charge on any atom is 0.478 e. The Morgan fingerprint density at radius 2 is 2.29 bits per heavy atom. The standard InChI is InChI=1S/C15H21BN4O7S/c1-15(2,7-21)27-20-12(9-6-28-14(17)18-9)13(24)19-10-4-3-8(5-11(22)23)26-16(10)25/h6-8,10,25H,3-5H2,1-2H3,(H2,17,18)(H,19,24)(H,22,23)/b20-12+. The van der Waals surface area contributed by atoms with Crippen LogP contribution in [0.4, 0.5) is 5.13 Å². The molecule has 152 valence electrons. The van der Waals surface area contributed by atoms with Crippen LogP contribution in [0.2, 0.25) is 0 Å². The van der Waals surface area contributed by atoms with Crippen molar-refractivity contribution in [3.63, 3.8) is 0 Å². The largest absolute Gasteiger partial charge is 0.481 e. The highest BCUT2D eigenvalue weighted by Gasteiger charge is 2.37. The lowest BCUT2D eigenvalue weighted by Crippen LogP contribution is -2.54. The Hall–Kier alpha value is -2.51. The fraction of sp³-hybridized carbons (Fsp3) is 0.533. The van der Waals surface area contributed by atoms with Crippen molar-refractivity contribution in [2.24, 2.45) is 5.16 Å². The average Bonchev–Trinajstić information content (AvgIpc) is 3.03. The van der Waals surface area contributed by atoms with Gasteiger partial charge in [-0.3, -0.25) is 14.4 Å². The number of nitrogens with two attached hydrogens (primary N) is 1. The highest BCUT2D eigenvalue weighted by Crippen LogP contribution is 2.19. The number of thiazole rings is 1. The average molecular weight is 412 g/mol. The third-order valence-electron chi connectivity index (χ3n) is 3.83. The molecule has 5 N–H and O–H groups in total. The van der Waals surface area contributed by atoms with Gasteiger partial charge in [-0.25, -0.2) is 4.98 Å². The number of anilines is 1. The van der Waals surface area contributed by atoms with Crippen LogP contribution in [0.5, 0.6) is 0 Å². The minimum absolute atomic E-state index is 0.150. The maximum absolute atomic E-state index is 12.7. The maximum atomic E-state index is 12.7. The summed E-state index contributed by atoms with van der Waals surface area (Å²) in [5, 5.41) is 26.9. The van der Waals surface area contributed by atoms with E-state index in [9.17, 15) is 19.4 Å². The molecular formula is C15H21BN4O7S. The second-order valence-corrected chi connectivity index (χ2v) is 7.62. The number of rotatable bonds is 8. The first-order valence-electron chi connectivity index (χ1n) is 8.41. The summed E-state index contributed by atoms with van der Waals surface area (Å²) in [5.41, 5.74) is 4.27. The number of carbonyl (C=O) groups excluding carboxylic acids is 2. The van der Waals surface area contributed by atoms with Crippen LogP contribution < -0.4 is 11.1 Å². The molecule has 0 aliphatic carbocycles. The van der Waals surface area contributed by atoms with Crippen molar-refractivity contribution in [3.8, 4) is 0 Å². The Morgan fingerprint density at radius 1 is 1.57 bits per heavy atom. The molecular weight excluding hydrogens is 391 g/mol. The number of nitrogens with zero attached hydrogens (tertiary/aromatic N) is 2. The molecule has 2 unspecified atom stereocenters. The fourth-order valence-electron chi connectivity index (χ4n) is 2.38. The number of aromatic nitrogens is 1. The van der Waals surface area contributed by atoms with E-state index in [4.69, 9.17) is 20.3 Å². The molecule has 2 rings (SSSR count). The van der Waals surface area contributed by atoms with Crippen molar-refractivity contribution in [2.45, 2.75) is 50.8 Å². The molecule has 1 amide bonds. The van der Waals surface area contributed by atoms with Gasteiger partial charge in [0.2, 0.25) is 0 Å². The van der Waals surface area contributed by atoms with E-state index in [1.165, 1.54) is 19.2 Å². The number of aldehydes is 1. The van der Waals surface area contributed by atoms with Crippen molar-refractivity contribution in [2.75, 3.05) is 5.73 Å². The van der Waals surface area contributed by atoms with E-state index in [-0.39, 0.29) is 23.0 Å². The summed E-state index contributed by atoms with van der Waals surface area (Å²) in [6.07, 6.45) is 0.306. The lowest BCUT2D eigenvalue weighted by molar-refractivity contribution is -0.139. The van der Waals surface area contributed by atoms with Crippen LogP contribution in [0.25, 0.3) is 0 Å². The predicted molar refractivity (Wildman–Crippen MR) is 101 cm³/mol. The molecule has 2 atom stereocenters. The lowest BCUT2D eigenvalue weighted by atomic mass is 9.72. The monoisotopic (exact) mass is 412 g/mol. The van der Waals surface area contributed by atoms with Gasteiger partial charge in [0.1, 0.15) is 5.69 Å². The van der Waals surface area contributed by atoms with Crippen molar-refractivity contribution >= 4 is 47.5 Å². The number of hydrogen-bond acceptors (Lipinski definition) is 10. The van der Waals surface area contributed by atoms with Crippen LogP contribution >= 0.6 is 11.3 Å². The SMILES string of the molecule is CC(C)(C=O)O/N=C(/C(=O)NC1CCC(CC(=O)O)OB1O)c1csc(N)n1. The van der Waals surface area contributed by atoms with Gasteiger partial charge in [0.15, 0.2) is 22.7 Å². The molecule has 1 saturated heterocycles. The minimum atomic E-state index is -1.38. The summed E-state index contributed by atoms with van der Waals surface area (Å²) < 4.78 is 5.24. The summed E-state index contributed by atoms with van der Waals surface area (Å²) in [6, 6.07) is 0. The van der Waals surface area contributed by atoms with Gasteiger partial charge in [0.25, 0.3) is 5.91 Å². The van der Waals surface area contributed by atoms with E-state index in [2.05, 4.69) is 15.5 Å². The van der Waals surface area contributed by atoms with Crippen LogP contribution in [-0.4, -0.2) is 63.8 Å². The quantitative estimate of drug-likeness (QED) is 0.191. The number of carboxylic acids is 1. The van der Waals surface area contributed by atoms with Gasteiger partial charge in [-0.2, -0.15) is 0 Å². The topological polar surface area (TPSA) is 173 Å². The zero-order chi connectivity index (χ0) is 20.9. The number of nitrogen functional groups attached to an aromatic ring is 1. The molecule has 1 aromatic heterocycles. The Labute approximate surface area is 165 Å². The molecule has 0 bridgehead atoms. The molecule has 0 aromatic carbocycles. The first kappa shape index (κ1) is 21.8. The Bertz CT molecular complexity index is 769. The van der Waals surface area contributed by atoms with Gasteiger partial charge in [-0.15, -0.1) is 11.3 Å². The van der Waals surface area contributed by atoms with Crippen LogP contribution in [-0.2, 0) is 23.9 Å². The van der Waals surface area contributed by atoms with Crippen molar-refractivity contribution < 1.29 is 34.0 Å². The van der Waals surface area contributed by atoms with Gasteiger partial charge in [-0.05, 0) is 26.7 Å². The van der Waals surface area contributed by atoms with Crippen LogP contribution in [0.15, 0.2) is 10.5 Å². The molecule has 0 spiro atoms. The van der Waals surface area contributed by atoms with Crippen LogP contribution in [0.3, 0.4) is 0 Å². The van der Waals surface area contributed by atoms with Crippen LogP contribution in [0.1, 0.15) is 38.8 Å². The van der Waals surface area contributed by atoms with Gasteiger partial charge >= 0.3 is 13.1 Å². The van der Waals surface area contributed by atoms with Gasteiger partial charge in [-0.1, -0.05) is 5.16 Å². The molecule has 1 aliphatic rings. The van der Waals surface area contributed by atoms with Crippen molar-refractivity contribution in [3.05, 3.63) is 11.1 Å². The van der Waals surface area contributed by atoms with E-state index in [0.29, 0.717) is 19.1 Å². The molecule has 1 aliphatic heterocycles. The number of amides is 1. The van der Waals surface area contributed by atoms with Gasteiger partial charge < -0.3 is 30.7 Å². The van der Waals surface area contributed by atoms with E-state index in [0.717, 1.165) is 11.3 Å². The number of aliphatic carboxylic acids is 1. The summed E-state index contributed by atoms with van der Waals surface area (Å²) in [4.78, 5) is 43.6. The molecule has 28 heavy (non-hydrogen) atoms. The summed E-state index contributed by atoms with van der Waals surface area (Å²) >= 11 is 1.09. The van der Waals surface area contributed by atoms with Crippen molar-refractivity contribution in [1.82, 2.24) is 10.3 Å². The highest BCUT2D eigenvalue weighted by atomic mass is 32.1. The van der Waals surface area contributed by atoms with E-state index in [1.54, 1.807) is 0 Å². The molecule has 11 nitrogen and oxygen atoms in total. The van der Waals surface area contributed by atoms with Gasteiger partial charge in [0, 0.05) is 5.38 Å². The zero-order valence-corrected chi connectivity index (χ0v) is 16.1. The highest BCUT2D eigenvalue weighted by molar-refractivity contribution is 7.13. The number of nitrogens with one attached hydrogen (secondary N) is 1. The summed E-state index contributed by atoms with van der Waals surface area (Å²) in [5.74, 6) is -2.53. The third kappa shape index (κ3) is 6.01. The van der Waals surface area contributed by atoms with E-state index >= 15 is 0 Å². The molecule has 0 saturated carbocycles.